The molecule has 0 unspecified atom stereocenters. The van der Waals surface area contributed by atoms with Gasteiger partial charge in [0.05, 0.1) is 13.2 Å². The molecule has 104 valence electrons. The molecule has 0 bridgehead atoms. The van der Waals surface area contributed by atoms with Crippen molar-refractivity contribution < 1.29 is 9.53 Å². The minimum absolute atomic E-state index is 0.214. The molecule has 0 aromatic heterocycles. The Bertz CT molecular complexity index is 285. The Hall–Kier alpha value is -0.770. The van der Waals surface area contributed by atoms with Crippen molar-refractivity contribution in [1.29, 1.82) is 0 Å². The largest absolute Gasteiger partial charge is 0.378 e. The number of rotatable bonds is 0. The van der Waals surface area contributed by atoms with Crippen LogP contribution in [0.15, 0.2) is 0 Å². The van der Waals surface area contributed by atoms with E-state index in [4.69, 9.17) is 4.74 Å². The number of urea groups is 1. The number of amides is 2. The van der Waals surface area contributed by atoms with E-state index in [1.54, 1.807) is 0 Å². The fourth-order valence-electron chi connectivity index (χ4n) is 2.89. The van der Waals surface area contributed by atoms with Gasteiger partial charge in [-0.25, -0.2) is 4.79 Å². The summed E-state index contributed by atoms with van der Waals surface area (Å²) in [6.45, 7) is 11.6. The van der Waals surface area contributed by atoms with E-state index in [1.165, 1.54) is 0 Å². The molecule has 4 nitrogen and oxygen atoms in total. The second kappa shape index (κ2) is 5.47. The average molecular weight is 254 g/mol. The summed E-state index contributed by atoms with van der Waals surface area (Å²) >= 11 is 0. The lowest BCUT2D eigenvalue weighted by atomic mass is 9.75. The van der Waals surface area contributed by atoms with E-state index in [0.29, 0.717) is 18.6 Å². The molecule has 18 heavy (non-hydrogen) atoms. The molecule has 0 N–H and O–H groups in total. The standard InChI is InChI=1S/C14H26N2O2/c1-14(2,3)12-4-6-15(7-5-12)13(17)16-8-10-18-11-9-16/h12H,4-11H2,1-3H3. The summed E-state index contributed by atoms with van der Waals surface area (Å²) in [5.41, 5.74) is 0.369. The first kappa shape index (κ1) is 13.7. The number of nitrogens with zero attached hydrogens (tertiary/aromatic N) is 2. The van der Waals surface area contributed by atoms with Crippen LogP contribution in [0.4, 0.5) is 4.79 Å². The maximum atomic E-state index is 12.3. The van der Waals surface area contributed by atoms with Gasteiger partial charge in [0.1, 0.15) is 0 Å². The molecule has 0 aliphatic carbocycles. The zero-order valence-electron chi connectivity index (χ0n) is 11.9. The van der Waals surface area contributed by atoms with Crippen LogP contribution >= 0.6 is 0 Å². The van der Waals surface area contributed by atoms with Crippen LogP contribution in [0.5, 0.6) is 0 Å². The lowest BCUT2D eigenvalue weighted by molar-refractivity contribution is 0.0365. The van der Waals surface area contributed by atoms with Crippen LogP contribution < -0.4 is 0 Å². The highest BCUT2D eigenvalue weighted by Crippen LogP contribution is 2.34. The molecule has 2 aliphatic rings. The van der Waals surface area contributed by atoms with Crippen molar-refractivity contribution >= 4 is 6.03 Å². The predicted molar refractivity (Wildman–Crippen MR) is 71.5 cm³/mol. The molecule has 2 amide bonds. The second-order valence-corrected chi connectivity index (χ2v) is 6.51. The lowest BCUT2D eigenvalue weighted by Gasteiger charge is -2.41. The smallest absolute Gasteiger partial charge is 0.320 e. The highest BCUT2D eigenvalue weighted by Gasteiger charge is 2.32. The molecule has 0 aromatic carbocycles. The molecule has 2 aliphatic heterocycles. The first-order valence-electron chi connectivity index (χ1n) is 7.10. The molecular formula is C14H26N2O2. The van der Waals surface area contributed by atoms with Gasteiger partial charge in [-0.15, -0.1) is 0 Å². The quantitative estimate of drug-likeness (QED) is 0.664. The average Bonchev–Trinajstić information content (AvgIpc) is 2.38. The predicted octanol–water partition coefficient (Wildman–Crippen LogP) is 2.20. The second-order valence-electron chi connectivity index (χ2n) is 6.51. The van der Waals surface area contributed by atoms with Crippen LogP contribution in [-0.4, -0.2) is 55.2 Å². The summed E-state index contributed by atoms with van der Waals surface area (Å²) in [4.78, 5) is 16.3. The summed E-state index contributed by atoms with van der Waals surface area (Å²) in [7, 11) is 0. The number of likely N-dealkylation sites (tertiary alicyclic amines) is 1. The minimum atomic E-state index is 0.214. The fourth-order valence-corrected chi connectivity index (χ4v) is 2.89. The van der Waals surface area contributed by atoms with Crippen molar-refractivity contribution in [2.45, 2.75) is 33.6 Å². The van der Waals surface area contributed by atoms with Gasteiger partial charge in [-0.1, -0.05) is 20.8 Å². The molecule has 2 heterocycles. The molecule has 0 aromatic rings. The summed E-state index contributed by atoms with van der Waals surface area (Å²) in [5, 5.41) is 0. The van der Waals surface area contributed by atoms with E-state index < -0.39 is 0 Å². The zero-order chi connectivity index (χ0) is 13.2. The highest BCUT2D eigenvalue weighted by atomic mass is 16.5. The van der Waals surface area contributed by atoms with Crippen molar-refractivity contribution in [3.8, 4) is 0 Å². The third-order valence-electron chi connectivity index (χ3n) is 4.27. The number of hydrogen-bond donors (Lipinski definition) is 0. The Balaban J connectivity index is 1.83. The van der Waals surface area contributed by atoms with Crippen molar-refractivity contribution in [3.63, 3.8) is 0 Å². The van der Waals surface area contributed by atoms with Gasteiger partial charge < -0.3 is 14.5 Å². The van der Waals surface area contributed by atoms with Gasteiger partial charge in [0, 0.05) is 26.2 Å². The first-order chi connectivity index (χ1) is 8.48. The van der Waals surface area contributed by atoms with E-state index in [-0.39, 0.29) is 6.03 Å². The van der Waals surface area contributed by atoms with Crippen LogP contribution in [0.3, 0.4) is 0 Å². The number of piperidine rings is 1. The monoisotopic (exact) mass is 254 g/mol. The third-order valence-corrected chi connectivity index (χ3v) is 4.27. The van der Waals surface area contributed by atoms with Gasteiger partial charge in [0.2, 0.25) is 0 Å². The normalized spacial score (nSPS) is 23.3. The molecule has 2 saturated heterocycles. The number of hydrogen-bond acceptors (Lipinski definition) is 2. The van der Waals surface area contributed by atoms with E-state index in [9.17, 15) is 4.79 Å². The van der Waals surface area contributed by atoms with Crippen LogP contribution in [0.1, 0.15) is 33.6 Å². The van der Waals surface area contributed by atoms with Gasteiger partial charge in [-0.05, 0) is 24.2 Å². The lowest BCUT2D eigenvalue weighted by Crippen LogP contribution is -2.51. The van der Waals surface area contributed by atoms with Crippen LogP contribution in [-0.2, 0) is 4.74 Å². The van der Waals surface area contributed by atoms with Gasteiger partial charge in [-0.2, -0.15) is 0 Å². The van der Waals surface area contributed by atoms with Crippen molar-refractivity contribution in [2.75, 3.05) is 39.4 Å². The molecule has 0 spiro atoms. The van der Waals surface area contributed by atoms with E-state index >= 15 is 0 Å². The molecular weight excluding hydrogens is 228 g/mol. The summed E-state index contributed by atoms with van der Waals surface area (Å²) in [5.74, 6) is 0.742. The van der Waals surface area contributed by atoms with Crippen LogP contribution in [0.25, 0.3) is 0 Å². The Kier molecular flexibility index (Phi) is 4.15. The minimum Gasteiger partial charge on any atom is -0.378 e. The molecule has 4 heteroatoms. The van der Waals surface area contributed by atoms with E-state index in [0.717, 1.165) is 44.9 Å². The summed E-state index contributed by atoms with van der Waals surface area (Å²) < 4.78 is 5.29. The van der Waals surface area contributed by atoms with Gasteiger partial charge in [0.15, 0.2) is 0 Å². The fraction of sp³-hybridized carbons (Fsp3) is 0.929. The number of carbonyl (C=O) groups excluding carboxylic acids is 1. The molecule has 0 atom stereocenters. The maximum Gasteiger partial charge on any atom is 0.320 e. The van der Waals surface area contributed by atoms with Gasteiger partial charge >= 0.3 is 6.03 Å². The van der Waals surface area contributed by atoms with Gasteiger partial charge in [0.25, 0.3) is 0 Å². The Morgan fingerprint density at radius 2 is 1.50 bits per heavy atom. The Morgan fingerprint density at radius 3 is 2.00 bits per heavy atom. The topological polar surface area (TPSA) is 32.8 Å². The molecule has 0 radical (unpaired) electrons. The Morgan fingerprint density at radius 1 is 1.00 bits per heavy atom. The molecule has 2 fully saturated rings. The van der Waals surface area contributed by atoms with Gasteiger partial charge in [-0.3, -0.25) is 0 Å². The van der Waals surface area contributed by atoms with Crippen molar-refractivity contribution in [2.24, 2.45) is 11.3 Å². The maximum absolute atomic E-state index is 12.3. The first-order valence-corrected chi connectivity index (χ1v) is 7.10. The van der Waals surface area contributed by atoms with Crippen molar-refractivity contribution in [3.05, 3.63) is 0 Å². The van der Waals surface area contributed by atoms with E-state index in [1.807, 2.05) is 9.80 Å². The third kappa shape index (κ3) is 3.16. The zero-order valence-corrected chi connectivity index (χ0v) is 11.9. The Labute approximate surface area is 110 Å². The van der Waals surface area contributed by atoms with E-state index in [2.05, 4.69) is 20.8 Å². The molecule has 0 saturated carbocycles. The molecule has 2 rings (SSSR count). The summed E-state index contributed by atoms with van der Waals surface area (Å²) in [6.07, 6.45) is 2.28. The van der Waals surface area contributed by atoms with Crippen LogP contribution in [0.2, 0.25) is 0 Å². The number of morpholine rings is 1. The van der Waals surface area contributed by atoms with Crippen molar-refractivity contribution in [1.82, 2.24) is 9.80 Å². The highest BCUT2D eigenvalue weighted by molar-refractivity contribution is 5.74. The number of carbonyl (C=O) groups is 1. The SMILES string of the molecule is CC(C)(C)C1CCN(C(=O)N2CCOCC2)CC1. The number of ether oxygens (including phenoxy) is 1. The summed E-state index contributed by atoms with van der Waals surface area (Å²) in [6, 6.07) is 0.214. The van der Waals surface area contributed by atoms with Crippen LogP contribution in [0, 0.1) is 11.3 Å².